The third kappa shape index (κ3) is 2.11. The molecule has 1 aromatic rings. The molecule has 0 bridgehead atoms. The quantitative estimate of drug-likeness (QED) is 0.664. The van der Waals surface area contributed by atoms with Gasteiger partial charge in [-0.1, -0.05) is 18.5 Å². The fourth-order valence-electron chi connectivity index (χ4n) is 1.87. The lowest BCUT2D eigenvalue weighted by molar-refractivity contribution is 0.0935. The van der Waals surface area contributed by atoms with E-state index in [1.807, 2.05) is 24.9 Å². The largest absolute Gasteiger partial charge is 0.335 e. The Kier molecular flexibility index (Phi) is 3.28. The van der Waals surface area contributed by atoms with Crippen LogP contribution in [0.2, 0.25) is 0 Å². The fraction of sp³-hybridized carbons (Fsp3) is 0.636. The van der Waals surface area contributed by atoms with Gasteiger partial charge in [0.25, 0.3) is 5.91 Å². The highest BCUT2D eigenvalue weighted by atomic mass is 35.5. The van der Waals surface area contributed by atoms with Crippen molar-refractivity contribution in [3.05, 3.63) is 11.9 Å². The van der Waals surface area contributed by atoms with Gasteiger partial charge in [-0.3, -0.25) is 9.48 Å². The van der Waals surface area contributed by atoms with Crippen molar-refractivity contribution in [2.24, 2.45) is 0 Å². The third-order valence-corrected chi connectivity index (χ3v) is 3.10. The topological polar surface area (TPSA) is 50.2 Å². The minimum absolute atomic E-state index is 0.202. The molecule has 1 aromatic heterocycles. The van der Waals surface area contributed by atoms with Crippen molar-refractivity contribution in [3.63, 3.8) is 0 Å². The van der Waals surface area contributed by atoms with E-state index in [1.54, 1.807) is 4.68 Å². The summed E-state index contributed by atoms with van der Waals surface area (Å²) in [6.07, 6.45) is 2.86. The molecule has 1 aliphatic heterocycles. The third-order valence-electron chi connectivity index (χ3n) is 2.75. The van der Waals surface area contributed by atoms with Crippen LogP contribution in [0.25, 0.3) is 0 Å². The summed E-state index contributed by atoms with van der Waals surface area (Å²) in [4.78, 5) is 13.7. The van der Waals surface area contributed by atoms with Gasteiger partial charge in [-0.05, 0) is 20.3 Å². The van der Waals surface area contributed by atoms with Gasteiger partial charge in [0.05, 0.1) is 5.69 Å². The number of carbonyl (C=O) groups is 1. The number of anilines is 1. The number of rotatable bonds is 3. The average Bonchev–Trinajstić information content (AvgIpc) is 2.69. The second-order valence-electron chi connectivity index (χ2n) is 4.44. The number of hydrogen-bond donors (Lipinski definition) is 1. The summed E-state index contributed by atoms with van der Waals surface area (Å²) in [5.41, 5.74) is 0.799. The molecule has 2 rings (SSSR count). The zero-order valence-electron chi connectivity index (χ0n) is 10.3. The Morgan fingerprint density at radius 1 is 1.59 bits per heavy atom. The summed E-state index contributed by atoms with van der Waals surface area (Å²) in [5, 5.41) is 7.00. The molecule has 6 heteroatoms. The van der Waals surface area contributed by atoms with Gasteiger partial charge in [-0.25, -0.2) is 0 Å². The molecule has 17 heavy (non-hydrogen) atoms. The zero-order valence-corrected chi connectivity index (χ0v) is 11.0. The fourth-order valence-corrected chi connectivity index (χ4v) is 2.17. The minimum Gasteiger partial charge on any atom is -0.335 e. The molecule has 1 aliphatic rings. The second kappa shape index (κ2) is 4.56. The monoisotopic (exact) mass is 256 g/mol. The highest BCUT2D eigenvalue weighted by molar-refractivity contribution is 6.24. The molecule has 0 fully saturated rings. The Morgan fingerprint density at radius 2 is 2.29 bits per heavy atom. The Bertz CT molecular complexity index is 429. The predicted octanol–water partition coefficient (Wildman–Crippen LogP) is 1.95. The molecule has 94 valence electrons. The molecular formula is C11H17ClN4O. The molecule has 0 aromatic carbocycles. The second-order valence-corrected chi connectivity index (χ2v) is 4.85. The first-order chi connectivity index (χ1) is 8.04. The number of halogens is 1. The van der Waals surface area contributed by atoms with Crippen molar-refractivity contribution in [2.45, 2.75) is 38.9 Å². The van der Waals surface area contributed by atoms with E-state index in [-0.39, 0.29) is 11.9 Å². The summed E-state index contributed by atoms with van der Waals surface area (Å²) in [5.74, 6) is -0.202. The summed E-state index contributed by atoms with van der Waals surface area (Å²) in [6.45, 7) is 6.93. The van der Waals surface area contributed by atoms with Gasteiger partial charge < -0.3 is 10.2 Å². The molecule has 0 saturated heterocycles. The smallest absolute Gasteiger partial charge is 0.276 e. The SMILES string of the molecule is CCCN1c2cn(C(C)C)nc2C(=O)NC1Cl. The van der Waals surface area contributed by atoms with Crippen LogP contribution in [0.1, 0.15) is 43.7 Å². The lowest BCUT2D eigenvalue weighted by atomic mass is 10.2. The highest BCUT2D eigenvalue weighted by Gasteiger charge is 2.32. The van der Waals surface area contributed by atoms with Crippen molar-refractivity contribution >= 4 is 23.2 Å². The minimum atomic E-state index is -0.486. The molecule has 5 nitrogen and oxygen atoms in total. The van der Waals surface area contributed by atoms with Crippen LogP contribution in [-0.4, -0.2) is 27.9 Å². The van der Waals surface area contributed by atoms with E-state index in [4.69, 9.17) is 11.6 Å². The van der Waals surface area contributed by atoms with E-state index >= 15 is 0 Å². The van der Waals surface area contributed by atoms with Crippen molar-refractivity contribution in [2.75, 3.05) is 11.4 Å². The van der Waals surface area contributed by atoms with Gasteiger partial charge in [-0.15, -0.1) is 0 Å². The summed E-state index contributed by atoms with van der Waals surface area (Å²) < 4.78 is 1.79. The van der Waals surface area contributed by atoms with Crippen LogP contribution in [0.3, 0.4) is 0 Å². The molecular weight excluding hydrogens is 240 g/mol. The summed E-state index contributed by atoms with van der Waals surface area (Å²) >= 11 is 6.13. The standard InChI is InChI=1S/C11H17ClN4O/c1-4-5-15-8-6-16(7(2)3)14-9(8)10(17)13-11(15)12/h6-7,11H,4-5H2,1-3H3,(H,13,17). The number of aromatic nitrogens is 2. The number of carbonyl (C=O) groups excluding carboxylic acids is 1. The van der Waals surface area contributed by atoms with E-state index in [0.29, 0.717) is 5.69 Å². The van der Waals surface area contributed by atoms with Gasteiger partial charge in [0.15, 0.2) is 11.3 Å². The highest BCUT2D eigenvalue weighted by Crippen LogP contribution is 2.28. The zero-order chi connectivity index (χ0) is 12.6. The lowest BCUT2D eigenvalue weighted by Crippen LogP contribution is -2.49. The molecule has 1 atom stereocenters. The molecule has 1 N–H and O–H groups in total. The maximum Gasteiger partial charge on any atom is 0.276 e. The first-order valence-electron chi connectivity index (χ1n) is 5.85. The normalized spacial score (nSPS) is 19.5. The Labute approximate surface area is 106 Å². The first kappa shape index (κ1) is 12.2. The van der Waals surface area contributed by atoms with Crippen molar-refractivity contribution in [3.8, 4) is 0 Å². The maximum atomic E-state index is 11.8. The molecule has 0 saturated carbocycles. The van der Waals surface area contributed by atoms with Crippen LogP contribution < -0.4 is 10.2 Å². The van der Waals surface area contributed by atoms with E-state index in [9.17, 15) is 4.79 Å². The van der Waals surface area contributed by atoms with Crippen LogP contribution in [0, 0.1) is 0 Å². The number of nitrogens with one attached hydrogen (secondary N) is 1. The van der Waals surface area contributed by atoms with Crippen LogP contribution in [0.5, 0.6) is 0 Å². The van der Waals surface area contributed by atoms with Crippen molar-refractivity contribution in [1.29, 1.82) is 0 Å². The maximum absolute atomic E-state index is 11.8. The van der Waals surface area contributed by atoms with E-state index in [2.05, 4.69) is 17.3 Å². The molecule has 0 radical (unpaired) electrons. The number of amides is 1. The van der Waals surface area contributed by atoms with Gasteiger partial charge in [0.1, 0.15) is 0 Å². The van der Waals surface area contributed by atoms with E-state index in [1.165, 1.54) is 0 Å². The van der Waals surface area contributed by atoms with Crippen molar-refractivity contribution < 1.29 is 4.79 Å². The predicted molar refractivity (Wildman–Crippen MR) is 67.4 cm³/mol. The van der Waals surface area contributed by atoms with Crippen LogP contribution in [0.4, 0.5) is 5.69 Å². The lowest BCUT2D eigenvalue weighted by Gasteiger charge is -2.32. The number of alkyl halides is 1. The van der Waals surface area contributed by atoms with Gasteiger partial charge in [0.2, 0.25) is 0 Å². The molecule has 2 heterocycles. The summed E-state index contributed by atoms with van der Waals surface area (Å²) in [7, 11) is 0. The molecule has 0 aliphatic carbocycles. The summed E-state index contributed by atoms with van der Waals surface area (Å²) in [6, 6.07) is 0.227. The Hall–Kier alpha value is -1.23. The van der Waals surface area contributed by atoms with Gasteiger partial charge in [0, 0.05) is 18.8 Å². The molecule has 1 amide bonds. The van der Waals surface area contributed by atoms with Crippen LogP contribution in [0.15, 0.2) is 6.20 Å². The Balaban J connectivity index is 2.42. The number of nitrogens with zero attached hydrogens (tertiary/aromatic N) is 3. The van der Waals surface area contributed by atoms with Gasteiger partial charge in [-0.2, -0.15) is 5.10 Å². The molecule has 0 spiro atoms. The number of fused-ring (bicyclic) bond motifs is 1. The van der Waals surface area contributed by atoms with Gasteiger partial charge >= 0.3 is 0 Å². The van der Waals surface area contributed by atoms with E-state index in [0.717, 1.165) is 18.7 Å². The van der Waals surface area contributed by atoms with Crippen molar-refractivity contribution in [1.82, 2.24) is 15.1 Å². The Morgan fingerprint density at radius 3 is 2.88 bits per heavy atom. The molecule has 1 unspecified atom stereocenters. The van der Waals surface area contributed by atoms with Crippen LogP contribution >= 0.6 is 11.6 Å². The average molecular weight is 257 g/mol. The number of hydrogen-bond acceptors (Lipinski definition) is 3. The first-order valence-corrected chi connectivity index (χ1v) is 6.29. The van der Waals surface area contributed by atoms with Crippen LogP contribution in [-0.2, 0) is 0 Å². The van der Waals surface area contributed by atoms with E-state index < -0.39 is 5.62 Å².